The van der Waals surface area contributed by atoms with Gasteiger partial charge in [-0.1, -0.05) is 19.3 Å². The lowest BCUT2D eigenvalue weighted by Gasteiger charge is -2.19. The zero-order valence-corrected chi connectivity index (χ0v) is 6.02. The molecule has 56 valence electrons. The third kappa shape index (κ3) is 2.82. The third-order valence-electron chi connectivity index (χ3n) is 1.89. The summed E-state index contributed by atoms with van der Waals surface area (Å²) in [6.07, 6.45) is 7.33. The maximum atomic E-state index is 5.19. The quantitative estimate of drug-likeness (QED) is 0.527. The minimum atomic E-state index is 0. The van der Waals surface area contributed by atoms with Gasteiger partial charge in [-0.3, -0.25) is 0 Å². The van der Waals surface area contributed by atoms with Crippen LogP contribution in [0.2, 0.25) is 0 Å². The van der Waals surface area contributed by atoms with E-state index in [-0.39, 0.29) is 5.48 Å². The van der Waals surface area contributed by atoms with Gasteiger partial charge in [0.05, 0.1) is 6.10 Å². The Morgan fingerprint density at radius 1 is 1.11 bits per heavy atom. The van der Waals surface area contributed by atoms with Crippen molar-refractivity contribution in [3.05, 3.63) is 0 Å². The first kappa shape index (κ1) is 8.92. The second-order valence-corrected chi connectivity index (χ2v) is 2.50. The summed E-state index contributed by atoms with van der Waals surface area (Å²) in [7, 11) is 1.82. The number of ether oxygens (including phenoxy) is 1. The Labute approximate surface area is 56.5 Å². The van der Waals surface area contributed by atoms with Gasteiger partial charge in [-0.05, 0) is 12.8 Å². The predicted octanol–water partition coefficient (Wildman–Crippen LogP) is 1.14. The minimum Gasteiger partial charge on any atom is -0.412 e. The molecule has 0 amide bonds. The number of hydrogen-bond donors (Lipinski definition) is 0. The first-order valence-corrected chi connectivity index (χ1v) is 3.46. The zero-order chi connectivity index (χ0) is 5.82. The Bertz CT molecular complexity index is 57.9. The van der Waals surface area contributed by atoms with Gasteiger partial charge in [0.1, 0.15) is 0 Å². The highest BCUT2D eigenvalue weighted by Gasteiger charge is 2.10. The molecule has 0 saturated heterocycles. The van der Waals surface area contributed by atoms with Crippen molar-refractivity contribution in [1.29, 1.82) is 0 Å². The Morgan fingerprint density at radius 3 is 2.00 bits per heavy atom. The maximum Gasteiger partial charge on any atom is 0.0571 e. The van der Waals surface area contributed by atoms with Crippen LogP contribution in [0.15, 0.2) is 0 Å². The molecule has 0 spiro atoms. The summed E-state index contributed by atoms with van der Waals surface area (Å²) in [6, 6.07) is 0. The molecule has 0 unspecified atom stereocenters. The molecule has 0 atom stereocenters. The summed E-state index contributed by atoms with van der Waals surface area (Å²) in [5.74, 6) is 0. The summed E-state index contributed by atoms with van der Waals surface area (Å²) < 4.78 is 5.19. The SMILES string of the molecule is COC1CCCCC1.O. The van der Waals surface area contributed by atoms with E-state index in [1.54, 1.807) is 0 Å². The van der Waals surface area contributed by atoms with Crippen LogP contribution in [0.1, 0.15) is 32.1 Å². The summed E-state index contributed by atoms with van der Waals surface area (Å²) in [4.78, 5) is 0. The van der Waals surface area contributed by atoms with E-state index in [1.165, 1.54) is 32.1 Å². The molecule has 0 heterocycles. The van der Waals surface area contributed by atoms with Gasteiger partial charge in [0.25, 0.3) is 0 Å². The Kier molecular flexibility index (Phi) is 4.72. The molecule has 1 fully saturated rings. The molecule has 0 aromatic carbocycles. The molecule has 0 aromatic rings. The predicted molar refractivity (Wildman–Crippen MR) is 37.5 cm³/mol. The fourth-order valence-electron chi connectivity index (χ4n) is 1.30. The van der Waals surface area contributed by atoms with Crippen LogP contribution in [0, 0.1) is 0 Å². The minimum absolute atomic E-state index is 0. The van der Waals surface area contributed by atoms with Crippen molar-refractivity contribution < 1.29 is 10.2 Å². The molecule has 0 aliphatic heterocycles. The Morgan fingerprint density at radius 2 is 1.67 bits per heavy atom. The highest BCUT2D eigenvalue weighted by molar-refractivity contribution is 4.63. The smallest absolute Gasteiger partial charge is 0.0571 e. The lowest BCUT2D eigenvalue weighted by Crippen LogP contribution is -2.13. The number of methoxy groups -OCH3 is 1. The molecule has 1 aliphatic carbocycles. The van der Waals surface area contributed by atoms with E-state index in [0.717, 1.165) is 0 Å². The molecular weight excluding hydrogens is 116 g/mol. The topological polar surface area (TPSA) is 40.7 Å². The lowest BCUT2D eigenvalue weighted by molar-refractivity contribution is 0.0710. The molecule has 0 bridgehead atoms. The Balaban J connectivity index is 0.000000640. The first-order chi connectivity index (χ1) is 3.93. The van der Waals surface area contributed by atoms with E-state index in [2.05, 4.69) is 0 Å². The second-order valence-electron chi connectivity index (χ2n) is 2.50. The normalized spacial score (nSPS) is 21.0. The van der Waals surface area contributed by atoms with Gasteiger partial charge in [0.15, 0.2) is 0 Å². The lowest BCUT2D eigenvalue weighted by atomic mass is 9.98. The van der Waals surface area contributed by atoms with Gasteiger partial charge in [0, 0.05) is 7.11 Å². The number of hydrogen-bond acceptors (Lipinski definition) is 1. The van der Waals surface area contributed by atoms with Crippen LogP contribution in [-0.2, 0) is 4.74 Å². The highest BCUT2D eigenvalue weighted by Crippen LogP contribution is 2.18. The molecular formula is C7H16O2. The zero-order valence-electron chi connectivity index (χ0n) is 6.02. The maximum absolute atomic E-state index is 5.19. The fraction of sp³-hybridized carbons (Fsp3) is 1.00. The van der Waals surface area contributed by atoms with E-state index in [1.807, 2.05) is 7.11 Å². The average Bonchev–Trinajstić information content (AvgIpc) is 1.90. The van der Waals surface area contributed by atoms with E-state index in [0.29, 0.717) is 6.10 Å². The molecule has 1 saturated carbocycles. The average molecular weight is 132 g/mol. The van der Waals surface area contributed by atoms with E-state index in [9.17, 15) is 0 Å². The van der Waals surface area contributed by atoms with E-state index in [4.69, 9.17) is 4.74 Å². The number of rotatable bonds is 1. The fourth-order valence-corrected chi connectivity index (χ4v) is 1.30. The van der Waals surface area contributed by atoms with Gasteiger partial charge >= 0.3 is 0 Å². The molecule has 9 heavy (non-hydrogen) atoms. The van der Waals surface area contributed by atoms with Crippen molar-refractivity contribution in [3.63, 3.8) is 0 Å². The molecule has 1 aliphatic rings. The highest BCUT2D eigenvalue weighted by atomic mass is 16.5. The van der Waals surface area contributed by atoms with Crippen LogP contribution in [-0.4, -0.2) is 18.7 Å². The van der Waals surface area contributed by atoms with Crippen molar-refractivity contribution in [2.75, 3.05) is 7.11 Å². The van der Waals surface area contributed by atoms with Crippen molar-refractivity contribution in [2.24, 2.45) is 0 Å². The molecule has 0 aromatic heterocycles. The van der Waals surface area contributed by atoms with Gasteiger partial charge in [-0.15, -0.1) is 0 Å². The monoisotopic (exact) mass is 132 g/mol. The van der Waals surface area contributed by atoms with Crippen molar-refractivity contribution in [2.45, 2.75) is 38.2 Å². The van der Waals surface area contributed by atoms with Crippen LogP contribution in [0.5, 0.6) is 0 Å². The van der Waals surface area contributed by atoms with Gasteiger partial charge < -0.3 is 10.2 Å². The largest absolute Gasteiger partial charge is 0.412 e. The van der Waals surface area contributed by atoms with Crippen molar-refractivity contribution in [3.8, 4) is 0 Å². The van der Waals surface area contributed by atoms with Crippen molar-refractivity contribution in [1.82, 2.24) is 0 Å². The van der Waals surface area contributed by atoms with Crippen LogP contribution >= 0.6 is 0 Å². The van der Waals surface area contributed by atoms with Crippen molar-refractivity contribution >= 4 is 0 Å². The Hall–Kier alpha value is -0.0800. The van der Waals surface area contributed by atoms with Gasteiger partial charge in [-0.2, -0.15) is 0 Å². The van der Waals surface area contributed by atoms with E-state index >= 15 is 0 Å². The standard InChI is InChI=1S/C7H14O.H2O/c1-8-7-5-3-2-4-6-7;/h7H,2-6H2,1H3;1H2. The van der Waals surface area contributed by atoms with Gasteiger partial charge in [0.2, 0.25) is 0 Å². The van der Waals surface area contributed by atoms with Crippen LogP contribution in [0.3, 0.4) is 0 Å². The summed E-state index contributed by atoms with van der Waals surface area (Å²) in [5.41, 5.74) is 0. The first-order valence-electron chi connectivity index (χ1n) is 3.46. The summed E-state index contributed by atoms with van der Waals surface area (Å²) in [5, 5.41) is 0. The third-order valence-corrected chi connectivity index (χ3v) is 1.89. The molecule has 2 nitrogen and oxygen atoms in total. The molecule has 1 rings (SSSR count). The second kappa shape index (κ2) is 4.77. The van der Waals surface area contributed by atoms with E-state index < -0.39 is 0 Å². The van der Waals surface area contributed by atoms with Crippen LogP contribution < -0.4 is 0 Å². The van der Waals surface area contributed by atoms with Crippen LogP contribution in [0.4, 0.5) is 0 Å². The summed E-state index contributed by atoms with van der Waals surface area (Å²) >= 11 is 0. The summed E-state index contributed by atoms with van der Waals surface area (Å²) in [6.45, 7) is 0. The van der Waals surface area contributed by atoms with Crippen LogP contribution in [0.25, 0.3) is 0 Å². The molecule has 2 heteroatoms. The van der Waals surface area contributed by atoms with Gasteiger partial charge in [-0.25, -0.2) is 0 Å². The molecule has 2 N–H and O–H groups in total. The molecule has 0 radical (unpaired) electrons.